The molecule has 10 aliphatic rings. The second kappa shape index (κ2) is 33.1. The molecule has 7 aromatic carbocycles. The number of benzene rings is 7. The Labute approximate surface area is 772 Å². The van der Waals surface area contributed by atoms with E-state index in [9.17, 15) is 4.79 Å². The average molecular weight is 1720 g/mol. The van der Waals surface area contributed by atoms with Crippen molar-refractivity contribution in [1.29, 1.82) is 0 Å². The van der Waals surface area contributed by atoms with Gasteiger partial charge in [0.15, 0.2) is 5.82 Å². The number of fused-ring (bicyclic) bond motifs is 17. The molecule has 10 aromatic rings. The van der Waals surface area contributed by atoms with E-state index in [1.807, 2.05) is 19.3 Å². The molecular formula is C120H146N6O3. The zero-order valence-electron chi connectivity index (χ0n) is 81.0. The van der Waals surface area contributed by atoms with E-state index in [4.69, 9.17) is 39.4 Å². The number of hydrogen-bond donors (Lipinski definition) is 0. The fourth-order valence-corrected chi connectivity index (χ4v) is 31.9. The summed E-state index contributed by atoms with van der Waals surface area (Å²) in [6.07, 6.45) is 47.3. The van der Waals surface area contributed by atoms with Crippen LogP contribution in [0.1, 0.15) is 378 Å². The van der Waals surface area contributed by atoms with Gasteiger partial charge in [-0.25, -0.2) is 34.7 Å². The van der Waals surface area contributed by atoms with Crippen LogP contribution < -0.4 is 4.74 Å². The molecule has 0 radical (unpaired) electrons. The first-order chi connectivity index (χ1) is 62.5. The van der Waals surface area contributed by atoms with Crippen LogP contribution in [0.4, 0.5) is 0 Å². The van der Waals surface area contributed by atoms with Crippen LogP contribution in [0.2, 0.25) is 0 Å². The molecule has 3 heterocycles. The molecule has 10 aliphatic carbocycles. The van der Waals surface area contributed by atoms with E-state index < -0.39 is 10.8 Å². The van der Waals surface area contributed by atoms with Gasteiger partial charge < -0.3 is 9.47 Å². The van der Waals surface area contributed by atoms with E-state index in [1.54, 1.807) is 11.1 Å². The first-order valence-electron chi connectivity index (χ1n) is 51.9. The molecule has 0 atom stereocenters. The van der Waals surface area contributed by atoms with Crippen molar-refractivity contribution in [2.24, 2.45) is 43.3 Å². The molecule has 9 heteroatoms. The Kier molecular flexibility index (Phi) is 22.5. The summed E-state index contributed by atoms with van der Waals surface area (Å²) >= 11 is 0. The number of aromatic nitrogens is 6. The second-order valence-corrected chi connectivity index (χ2v) is 44.2. The molecule has 6 saturated carbocycles. The second-order valence-electron chi connectivity index (χ2n) is 44.2. The lowest BCUT2D eigenvalue weighted by Crippen LogP contribution is -2.51. The van der Waals surface area contributed by atoms with Crippen molar-refractivity contribution in [3.05, 3.63) is 209 Å². The molecule has 4 spiro atoms. The number of unbranched alkanes of at least 4 members (excludes halogenated alkanes) is 11. The lowest BCUT2D eigenvalue weighted by molar-refractivity contribution is -0.139. The average Bonchev–Trinajstić information content (AvgIpc) is 1.46. The van der Waals surface area contributed by atoms with Gasteiger partial charge in [-0.3, -0.25) is 0 Å². The Balaban J connectivity index is 0.680. The fourth-order valence-electron chi connectivity index (χ4n) is 31.9. The van der Waals surface area contributed by atoms with Gasteiger partial charge in [0, 0.05) is 51.3 Å². The van der Waals surface area contributed by atoms with Crippen LogP contribution in [0.5, 0.6) is 5.75 Å². The molecule has 4 bridgehead atoms. The molecule has 674 valence electrons. The molecule has 9 nitrogen and oxygen atoms in total. The smallest absolute Gasteiger partial charge is 0.333 e. The lowest BCUT2D eigenvalue weighted by atomic mass is 9.49. The van der Waals surface area contributed by atoms with E-state index in [2.05, 4.69) is 230 Å². The molecule has 0 aliphatic heterocycles. The highest BCUT2D eigenvalue weighted by molar-refractivity contribution is 5.94. The molecule has 0 saturated heterocycles. The molecule has 6 fully saturated rings. The van der Waals surface area contributed by atoms with Gasteiger partial charge in [-0.15, -0.1) is 0 Å². The van der Waals surface area contributed by atoms with Crippen molar-refractivity contribution in [2.75, 3.05) is 13.2 Å². The number of nitrogens with zero attached hydrogens (tertiary/aromatic N) is 6. The standard InChI is InChI=1S/C120H146N6O3/c1-16-25-53-113-61-63-114(64-62-113,54-26-17-2)119(113)97-73-85(84-40-39-82-71-79(10)37-38-83(82)72-84)43-49-93(97)101-105(119)126-102-94-51-45-87(75-98(94)120(106(102)125-101)115(55-27-18-3)65-67-116(120,68-66-115)56-28-19-4)86-44-50-92-96(74-86)118(111(21-6,22-7)59-60-112(118,23-8)24-9)104-100(92)123-103-99(124-104)91-52-46-88(76-95(91)117(103)109(12,13)57-58-110(117,14)15)89-77-121-107(122-78-89)81-41-47-90(48-42-81)128-69-35-33-31-29-30-32-34-36-70-129-108(127)80(11)20-5/h37-52,71-78H,11,16-36,53-70H2,1-10,12-15H3. The highest BCUT2D eigenvalue weighted by Crippen LogP contribution is 2.85. The van der Waals surface area contributed by atoms with Crippen LogP contribution in [0.3, 0.4) is 0 Å². The molecule has 0 N–H and O–H groups in total. The Morgan fingerprint density at radius 2 is 0.690 bits per heavy atom. The third kappa shape index (κ3) is 12.3. The quantitative estimate of drug-likeness (QED) is 0.0221. The predicted octanol–water partition coefficient (Wildman–Crippen LogP) is 32.4. The summed E-state index contributed by atoms with van der Waals surface area (Å²) in [5, 5.41) is 2.63. The summed E-state index contributed by atoms with van der Waals surface area (Å²) in [6.45, 7) is 39.2. The molecule has 0 amide bonds. The summed E-state index contributed by atoms with van der Waals surface area (Å²) in [7, 11) is 0. The summed E-state index contributed by atoms with van der Waals surface area (Å²) in [5.41, 5.74) is 30.0. The molecule has 129 heavy (non-hydrogen) atoms. The topological polar surface area (TPSA) is 113 Å². The maximum atomic E-state index is 11.9. The minimum Gasteiger partial charge on any atom is -0.494 e. The van der Waals surface area contributed by atoms with E-state index in [1.165, 1.54) is 260 Å². The van der Waals surface area contributed by atoms with Crippen molar-refractivity contribution >= 4 is 16.7 Å². The SMILES string of the molecule is C=C(CC)C(=O)OCCCCCCCCCCOc1ccc(-c2ncc(-c3ccc4c(c3)C3(c5nc6c(nc5-4)C4(c5cc(-c7ccc8c(c7)C7(c9nc%10c(nc9-8)C8(c9cc(-c%11ccc%12cc(C)ccc%12c%11)ccc9-%10)C9(CCCC)CCC8(CCCC)CC9)C8(CCCC)CCC7(CCCC)CC8)ccc5-6)C(CC)(CC)CCC4(CC)CC)C(C)(C)CCC3(C)C)cn2)cc1. The summed E-state index contributed by atoms with van der Waals surface area (Å²) in [4.78, 5) is 48.9. The third-order valence-electron chi connectivity index (χ3n) is 38.3. The Hall–Kier alpha value is -8.95. The minimum absolute atomic E-state index is 0.0600. The minimum atomic E-state index is -0.441. The molecular weight excluding hydrogens is 1570 g/mol. The maximum absolute atomic E-state index is 11.9. The van der Waals surface area contributed by atoms with E-state index in [-0.39, 0.29) is 60.1 Å². The van der Waals surface area contributed by atoms with Gasteiger partial charge in [0.25, 0.3) is 0 Å². The van der Waals surface area contributed by atoms with Crippen LogP contribution in [-0.2, 0) is 31.2 Å². The first-order valence-corrected chi connectivity index (χ1v) is 51.9. The van der Waals surface area contributed by atoms with Gasteiger partial charge in [-0.2, -0.15) is 0 Å². The molecule has 0 unspecified atom stereocenters. The summed E-state index contributed by atoms with van der Waals surface area (Å²) in [5.74, 6) is 1.32. The van der Waals surface area contributed by atoms with Crippen LogP contribution >= 0.6 is 0 Å². The van der Waals surface area contributed by atoms with Crippen LogP contribution in [0.25, 0.3) is 101 Å². The van der Waals surface area contributed by atoms with Gasteiger partial charge >= 0.3 is 5.97 Å². The van der Waals surface area contributed by atoms with Crippen molar-refractivity contribution in [2.45, 2.75) is 356 Å². The Morgan fingerprint density at radius 1 is 0.349 bits per heavy atom. The number of hydrogen-bond acceptors (Lipinski definition) is 9. The van der Waals surface area contributed by atoms with E-state index in [0.29, 0.717) is 31.0 Å². The number of rotatable bonds is 34. The fraction of sp³-hybridized carbons (Fsp3) is 0.542. The van der Waals surface area contributed by atoms with Crippen molar-refractivity contribution in [3.63, 3.8) is 0 Å². The van der Waals surface area contributed by atoms with Gasteiger partial charge in [0.1, 0.15) is 5.75 Å². The molecule has 3 aromatic heterocycles. The Bertz CT molecular complexity index is 5910. The number of carbonyl (C=O) groups is 1. The maximum Gasteiger partial charge on any atom is 0.333 e. The third-order valence-corrected chi connectivity index (χ3v) is 38.3. The highest BCUT2D eigenvalue weighted by Gasteiger charge is 2.79. The van der Waals surface area contributed by atoms with Gasteiger partial charge in [-0.1, -0.05) is 271 Å². The highest BCUT2D eigenvalue weighted by atomic mass is 16.5. The van der Waals surface area contributed by atoms with E-state index >= 15 is 0 Å². The number of esters is 1. The number of aryl methyl sites for hydroxylation is 1. The van der Waals surface area contributed by atoms with Crippen molar-refractivity contribution < 1.29 is 14.3 Å². The first kappa shape index (κ1) is 88.0. The van der Waals surface area contributed by atoms with Gasteiger partial charge in [-0.05, 0) is 313 Å². The summed E-state index contributed by atoms with van der Waals surface area (Å²) < 4.78 is 11.6. The Morgan fingerprint density at radius 3 is 1.10 bits per heavy atom. The zero-order valence-corrected chi connectivity index (χ0v) is 81.0. The normalized spacial score (nSPS) is 24.7. The largest absolute Gasteiger partial charge is 0.494 e. The van der Waals surface area contributed by atoms with Crippen LogP contribution in [0.15, 0.2) is 158 Å². The number of carbonyl (C=O) groups excluding carboxylic acids is 1. The molecule has 20 rings (SSSR count). The lowest BCUT2D eigenvalue weighted by Gasteiger charge is -2.53. The monoisotopic (exact) mass is 1720 g/mol. The van der Waals surface area contributed by atoms with Crippen LogP contribution in [-0.4, -0.2) is 49.1 Å². The van der Waals surface area contributed by atoms with Crippen molar-refractivity contribution in [1.82, 2.24) is 29.9 Å². The van der Waals surface area contributed by atoms with Crippen LogP contribution in [0, 0.1) is 50.2 Å². The van der Waals surface area contributed by atoms with Gasteiger partial charge in [0.2, 0.25) is 0 Å². The van der Waals surface area contributed by atoms with Gasteiger partial charge in [0.05, 0.1) is 80.4 Å². The van der Waals surface area contributed by atoms with E-state index in [0.717, 1.165) is 111 Å². The van der Waals surface area contributed by atoms with Crippen molar-refractivity contribution in [3.8, 4) is 95.5 Å². The zero-order chi connectivity index (χ0) is 89.5. The summed E-state index contributed by atoms with van der Waals surface area (Å²) in [6, 6.07) is 53.6. The number of ether oxygens (including phenoxy) is 2. The predicted molar refractivity (Wildman–Crippen MR) is 532 cm³/mol.